The molecule has 0 amide bonds. The molecule has 0 aliphatic heterocycles. The van der Waals surface area contributed by atoms with Crippen LogP contribution in [0.3, 0.4) is 0 Å². The van der Waals surface area contributed by atoms with E-state index in [9.17, 15) is 9.59 Å². The highest BCUT2D eigenvalue weighted by atomic mass is 16.5. The monoisotopic (exact) mass is 263 g/mol. The second kappa shape index (κ2) is 5.47. The second-order valence-electron chi connectivity index (χ2n) is 4.04. The molecule has 1 N–H and O–H groups in total. The summed E-state index contributed by atoms with van der Waals surface area (Å²) in [6.45, 7) is 2.06. The summed E-state index contributed by atoms with van der Waals surface area (Å²) in [7, 11) is 0. The van der Waals surface area contributed by atoms with E-state index in [2.05, 4.69) is 10.1 Å². The van der Waals surface area contributed by atoms with Crippen LogP contribution in [0.25, 0.3) is 0 Å². The molecule has 0 aliphatic rings. The van der Waals surface area contributed by atoms with Crippen LogP contribution < -0.4 is 5.56 Å². The van der Waals surface area contributed by atoms with Crippen LogP contribution in [0, 0.1) is 0 Å². The van der Waals surface area contributed by atoms with Gasteiger partial charge < -0.3 is 14.2 Å². The predicted octanol–water partition coefficient (Wildman–Crippen LogP) is 0.930. The van der Waals surface area contributed by atoms with E-state index in [1.54, 1.807) is 0 Å². The number of carbonyl (C=O) groups is 1. The Morgan fingerprint density at radius 1 is 1.47 bits per heavy atom. The van der Waals surface area contributed by atoms with Crippen LogP contribution in [0.4, 0.5) is 0 Å². The molecule has 0 atom stereocenters. The fraction of sp³-hybridized carbons (Fsp3) is 0.333. The third-order valence-corrected chi connectivity index (χ3v) is 2.52. The Morgan fingerprint density at radius 2 is 2.26 bits per heavy atom. The first-order valence-electron chi connectivity index (χ1n) is 5.85. The lowest BCUT2D eigenvalue weighted by Crippen LogP contribution is -2.20. The average Bonchev–Trinajstić information content (AvgIpc) is 2.80. The van der Waals surface area contributed by atoms with Crippen molar-refractivity contribution in [3.63, 3.8) is 0 Å². The maximum absolute atomic E-state index is 11.6. The van der Waals surface area contributed by atoms with Crippen LogP contribution in [-0.4, -0.2) is 25.8 Å². The smallest absolute Gasteiger partial charge is 0.337 e. The Hall–Kier alpha value is -2.44. The first kappa shape index (κ1) is 13.0. The van der Waals surface area contributed by atoms with E-state index >= 15 is 0 Å². The molecular weight excluding hydrogens is 250 g/mol. The van der Waals surface area contributed by atoms with Gasteiger partial charge in [0.15, 0.2) is 5.82 Å². The van der Waals surface area contributed by atoms with Crippen molar-refractivity contribution in [1.29, 1.82) is 0 Å². The number of carboxylic acids is 1. The minimum Gasteiger partial charge on any atom is -0.478 e. The van der Waals surface area contributed by atoms with Gasteiger partial charge in [-0.3, -0.25) is 4.79 Å². The van der Waals surface area contributed by atoms with Crippen LogP contribution in [0.2, 0.25) is 0 Å². The number of aryl methyl sites for hydroxylation is 1. The molecule has 100 valence electrons. The lowest BCUT2D eigenvalue weighted by molar-refractivity contribution is 0.0695. The highest BCUT2D eigenvalue weighted by molar-refractivity contribution is 5.87. The molecule has 2 aromatic heterocycles. The van der Waals surface area contributed by atoms with Gasteiger partial charge in [0.2, 0.25) is 5.89 Å². The summed E-state index contributed by atoms with van der Waals surface area (Å²) in [4.78, 5) is 26.6. The van der Waals surface area contributed by atoms with Crippen molar-refractivity contribution in [2.75, 3.05) is 0 Å². The first-order chi connectivity index (χ1) is 9.10. The van der Waals surface area contributed by atoms with Crippen molar-refractivity contribution in [2.24, 2.45) is 0 Å². The molecule has 0 saturated carbocycles. The van der Waals surface area contributed by atoms with Gasteiger partial charge in [-0.25, -0.2) is 4.79 Å². The van der Waals surface area contributed by atoms with Gasteiger partial charge in [-0.1, -0.05) is 12.1 Å². The molecule has 0 spiro atoms. The Bertz CT molecular complexity index is 644. The largest absolute Gasteiger partial charge is 0.478 e. The van der Waals surface area contributed by atoms with Gasteiger partial charge in [-0.05, 0) is 12.5 Å². The molecule has 2 aromatic rings. The predicted molar refractivity (Wildman–Crippen MR) is 65.1 cm³/mol. The van der Waals surface area contributed by atoms with Gasteiger partial charge in [0, 0.05) is 18.7 Å². The van der Waals surface area contributed by atoms with Gasteiger partial charge >= 0.3 is 5.97 Å². The molecule has 19 heavy (non-hydrogen) atoms. The van der Waals surface area contributed by atoms with Crippen molar-refractivity contribution in [1.82, 2.24) is 14.7 Å². The van der Waals surface area contributed by atoms with E-state index in [4.69, 9.17) is 9.63 Å². The number of hydrogen-bond acceptors (Lipinski definition) is 5. The first-order valence-corrected chi connectivity index (χ1v) is 5.85. The number of aromatic nitrogens is 3. The fourth-order valence-corrected chi connectivity index (χ4v) is 1.61. The maximum atomic E-state index is 11.6. The van der Waals surface area contributed by atoms with Gasteiger partial charge in [0.1, 0.15) is 6.54 Å². The minimum absolute atomic E-state index is 0.0351. The van der Waals surface area contributed by atoms with Crippen molar-refractivity contribution in [2.45, 2.75) is 26.3 Å². The molecule has 0 fully saturated rings. The summed E-state index contributed by atoms with van der Waals surface area (Å²) in [6.07, 6.45) is 2.86. The van der Waals surface area contributed by atoms with E-state index in [1.807, 2.05) is 6.92 Å². The number of pyridine rings is 1. The molecule has 7 heteroatoms. The summed E-state index contributed by atoms with van der Waals surface area (Å²) < 4.78 is 6.24. The Morgan fingerprint density at radius 3 is 2.95 bits per heavy atom. The highest BCUT2D eigenvalue weighted by Crippen LogP contribution is 2.03. The minimum atomic E-state index is -1.09. The maximum Gasteiger partial charge on any atom is 0.337 e. The van der Waals surface area contributed by atoms with Gasteiger partial charge in [-0.2, -0.15) is 4.98 Å². The van der Waals surface area contributed by atoms with Crippen LogP contribution in [0.5, 0.6) is 0 Å². The van der Waals surface area contributed by atoms with Crippen molar-refractivity contribution < 1.29 is 14.4 Å². The second-order valence-corrected chi connectivity index (χ2v) is 4.04. The number of hydrogen-bond donors (Lipinski definition) is 1. The average molecular weight is 263 g/mol. The molecule has 0 aliphatic carbocycles. The van der Waals surface area contributed by atoms with Crippen LogP contribution in [0.15, 0.2) is 27.6 Å². The third-order valence-electron chi connectivity index (χ3n) is 2.52. The molecule has 0 bridgehead atoms. The van der Waals surface area contributed by atoms with Gasteiger partial charge in [0.05, 0.1) is 5.56 Å². The molecular formula is C12H13N3O4. The quantitative estimate of drug-likeness (QED) is 0.861. The van der Waals surface area contributed by atoms with E-state index < -0.39 is 5.97 Å². The summed E-state index contributed by atoms with van der Waals surface area (Å²) >= 11 is 0. The molecule has 0 saturated heterocycles. The van der Waals surface area contributed by atoms with E-state index in [0.29, 0.717) is 12.2 Å². The number of nitrogens with zero attached hydrogens (tertiary/aromatic N) is 3. The molecule has 0 radical (unpaired) electrons. The molecule has 0 unspecified atom stereocenters. The zero-order valence-corrected chi connectivity index (χ0v) is 10.4. The fourth-order valence-electron chi connectivity index (χ4n) is 1.61. The van der Waals surface area contributed by atoms with E-state index in [1.165, 1.54) is 22.9 Å². The zero-order valence-electron chi connectivity index (χ0n) is 10.4. The van der Waals surface area contributed by atoms with Crippen molar-refractivity contribution in [3.05, 3.63) is 46.0 Å². The van der Waals surface area contributed by atoms with Crippen LogP contribution >= 0.6 is 0 Å². The summed E-state index contributed by atoms with van der Waals surface area (Å²) in [5.74, 6) is -0.223. The summed E-state index contributed by atoms with van der Waals surface area (Å²) in [5.41, 5.74) is -0.284. The Balaban J connectivity index is 2.24. The number of carboxylic acid groups (broad SMARTS) is 1. The lowest BCUT2D eigenvalue weighted by Gasteiger charge is -2.02. The number of rotatable bonds is 5. The van der Waals surface area contributed by atoms with Crippen LogP contribution in [-0.2, 0) is 13.0 Å². The highest BCUT2D eigenvalue weighted by Gasteiger charge is 2.09. The molecule has 0 aromatic carbocycles. The standard InChI is InChI=1S/C12H13N3O4/c1-2-3-9-13-10(19-14-9)7-15-6-8(12(17)18)4-5-11(15)16/h4-6H,2-3,7H2,1H3,(H,17,18). The topological polar surface area (TPSA) is 98.2 Å². The van der Waals surface area contributed by atoms with E-state index in [0.717, 1.165) is 6.42 Å². The molecule has 2 rings (SSSR count). The van der Waals surface area contributed by atoms with Gasteiger partial charge in [-0.15, -0.1) is 0 Å². The van der Waals surface area contributed by atoms with Crippen molar-refractivity contribution in [3.8, 4) is 0 Å². The summed E-state index contributed by atoms with van der Waals surface area (Å²) in [5, 5.41) is 12.6. The third kappa shape index (κ3) is 3.06. The normalized spacial score (nSPS) is 10.6. The zero-order chi connectivity index (χ0) is 13.8. The molecule has 2 heterocycles. The SMILES string of the molecule is CCCc1noc(Cn2cc(C(=O)O)ccc2=O)n1. The molecule has 7 nitrogen and oxygen atoms in total. The van der Waals surface area contributed by atoms with Crippen molar-refractivity contribution >= 4 is 5.97 Å². The summed E-state index contributed by atoms with van der Waals surface area (Å²) in [6, 6.07) is 2.46. The van der Waals surface area contributed by atoms with Gasteiger partial charge in [0.25, 0.3) is 5.56 Å². The van der Waals surface area contributed by atoms with Crippen LogP contribution in [0.1, 0.15) is 35.4 Å². The number of aromatic carboxylic acids is 1. The lowest BCUT2D eigenvalue weighted by atomic mass is 10.3. The Labute approximate surface area is 108 Å². The Kier molecular flexibility index (Phi) is 3.74. The van der Waals surface area contributed by atoms with E-state index in [-0.39, 0.29) is 23.6 Å².